The van der Waals surface area contributed by atoms with E-state index in [1.807, 2.05) is 0 Å². The lowest BCUT2D eigenvalue weighted by Gasteiger charge is -2.19. The standard InChI is InChI=1S/C14H14N6O6S/c15-18(17-22)14(21)8-10-4-6-11(7-5-10)19(16)27(25,26)13-3-1-2-12(9-13)20(23)24/h1-7,9H,8,15-16H2. The molecule has 0 unspecified atom stereocenters. The number of nitrogens with zero attached hydrogens (tertiary/aromatic N) is 4. The topological polar surface area (TPSA) is 182 Å². The Hall–Kier alpha value is -3.42. The molecule has 0 atom stereocenters. The summed E-state index contributed by atoms with van der Waals surface area (Å²) < 4.78 is 25.6. The molecule has 0 bridgehead atoms. The number of amides is 1. The second kappa shape index (κ2) is 7.86. The highest BCUT2D eigenvalue weighted by Crippen LogP contribution is 2.24. The molecular weight excluding hydrogens is 380 g/mol. The summed E-state index contributed by atoms with van der Waals surface area (Å²) >= 11 is 0. The average Bonchev–Trinajstić information content (AvgIpc) is 2.67. The second-order valence-corrected chi connectivity index (χ2v) is 7.03. The van der Waals surface area contributed by atoms with Gasteiger partial charge in [0.05, 0.1) is 27.2 Å². The molecule has 0 saturated carbocycles. The van der Waals surface area contributed by atoms with Crippen molar-refractivity contribution in [1.82, 2.24) is 5.12 Å². The molecule has 0 fully saturated rings. The van der Waals surface area contributed by atoms with Crippen molar-refractivity contribution in [3.8, 4) is 0 Å². The molecule has 4 N–H and O–H groups in total. The van der Waals surface area contributed by atoms with Crippen LogP contribution in [0.25, 0.3) is 0 Å². The van der Waals surface area contributed by atoms with Crippen molar-refractivity contribution >= 4 is 27.3 Å². The number of hydrazine groups is 2. The minimum Gasteiger partial charge on any atom is -0.271 e. The zero-order valence-corrected chi connectivity index (χ0v) is 14.4. The Bertz CT molecular complexity index is 978. The molecule has 2 rings (SSSR count). The van der Waals surface area contributed by atoms with Crippen LogP contribution in [0.15, 0.2) is 58.7 Å². The van der Waals surface area contributed by atoms with Gasteiger partial charge in [-0.15, -0.1) is 10.0 Å². The first kappa shape index (κ1) is 19.9. The summed E-state index contributed by atoms with van der Waals surface area (Å²) in [5, 5.41) is 13.2. The van der Waals surface area contributed by atoms with Crippen molar-refractivity contribution in [2.75, 3.05) is 4.41 Å². The van der Waals surface area contributed by atoms with Crippen LogP contribution >= 0.6 is 0 Å². The van der Waals surface area contributed by atoms with Gasteiger partial charge in [0.25, 0.3) is 21.6 Å². The number of sulfonamides is 1. The number of benzene rings is 2. The van der Waals surface area contributed by atoms with Crippen LogP contribution in [-0.4, -0.2) is 24.4 Å². The van der Waals surface area contributed by atoms with Gasteiger partial charge in [-0.3, -0.25) is 14.9 Å². The predicted octanol–water partition coefficient (Wildman–Crippen LogP) is 0.590. The molecule has 0 saturated heterocycles. The molecular formula is C14H14N6O6S. The summed E-state index contributed by atoms with van der Waals surface area (Å²) in [6.07, 6.45) is -0.231. The first-order valence-electron chi connectivity index (χ1n) is 7.21. The molecule has 13 heteroatoms. The normalized spacial score (nSPS) is 10.9. The van der Waals surface area contributed by atoms with Crippen LogP contribution in [0.3, 0.4) is 0 Å². The molecule has 27 heavy (non-hydrogen) atoms. The number of carbonyl (C=O) groups is 1. The van der Waals surface area contributed by atoms with E-state index in [1.165, 1.54) is 36.4 Å². The molecule has 0 aliphatic carbocycles. The molecule has 2 aromatic rings. The smallest absolute Gasteiger partial charge is 0.271 e. The summed E-state index contributed by atoms with van der Waals surface area (Å²) in [6, 6.07) is 9.93. The highest BCUT2D eigenvalue weighted by molar-refractivity contribution is 7.92. The molecule has 0 aliphatic heterocycles. The van der Waals surface area contributed by atoms with Crippen molar-refractivity contribution in [1.29, 1.82) is 0 Å². The fraction of sp³-hybridized carbons (Fsp3) is 0.0714. The summed E-state index contributed by atoms with van der Waals surface area (Å²) in [4.78, 5) is 31.4. The number of nitroso groups, excluding NO2 is 1. The van der Waals surface area contributed by atoms with E-state index in [-0.39, 0.29) is 22.1 Å². The number of nitrogens with two attached hydrogens (primary N) is 2. The number of hydrogen-bond donors (Lipinski definition) is 2. The van der Waals surface area contributed by atoms with E-state index in [4.69, 9.17) is 11.7 Å². The number of anilines is 1. The van der Waals surface area contributed by atoms with Crippen LogP contribution in [0, 0.1) is 15.0 Å². The molecule has 142 valence electrons. The van der Waals surface area contributed by atoms with Gasteiger partial charge in [-0.1, -0.05) is 18.2 Å². The number of rotatable bonds is 7. The molecule has 0 aromatic heterocycles. The second-order valence-electron chi connectivity index (χ2n) is 5.22. The lowest BCUT2D eigenvalue weighted by Crippen LogP contribution is -2.37. The Balaban J connectivity index is 2.25. The van der Waals surface area contributed by atoms with Crippen LogP contribution in [-0.2, 0) is 21.2 Å². The Labute approximate surface area is 153 Å². The lowest BCUT2D eigenvalue weighted by atomic mass is 10.1. The lowest BCUT2D eigenvalue weighted by molar-refractivity contribution is -0.385. The van der Waals surface area contributed by atoms with E-state index in [2.05, 4.69) is 5.29 Å². The molecule has 2 aromatic carbocycles. The third kappa shape index (κ3) is 4.41. The van der Waals surface area contributed by atoms with Crippen LogP contribution in [0.4, 0.5) is 11.4 Å². The minimum absolute atomic E-state index is 0.0517. The molecule has 12 nitrogen and oxygen atoms in total. The Kier molecular flexibility index (Phi) is 5.79. The number of non-ortho nitro benzene ring substituents is 1. The maximum Gasteiger partial charge on any atom is 0.277 e. The number of nitro groups is 1. The van der Waals surface area contributed by atoms with Crippen molar-refractivity contribution < 1.29 is 18.1 Å². The van der Waals surface area contributed by atoms with Gasteiger partial charge in [0.1, 0.15) is 0 Å². The molecule has 0 heterocycles. The Morgan fingerprint density at radius 3 is 2.33 bits per heavy atom. The third-order valence-electron chi connectivity index (χ3n) is 3.47. The van der Waals surface area contributed by atoms with Crippen LogP contribution in [0.1, 0.15) is 5.56 Å². The molecule has 0 spiro atoms. The first-order valence-corrected chi connectivity index (χ1v) is 8.65. The number of nitro benzene ring substituents is 1. The van der Waals surface area contributed by atoms with Crippen molar-refractivity contribution in [3.63, 3.8) is 0 Å². The highest BCUT2D eigenvalue weighted by Gasteiger charge is 2.24. The zero-order valence-electron chi connectivity index (χ0n) is 13.6. The first-order chi connectivity index (χ1) is 12.7. The van der Waals surface area contributed by atoms with Gasteiger partial charge in [-0.25, -0.2) is 16.1 Å². The quantitative estimate of drug-likeness (QED) is 0.225. The van der Waals surface area contributed by atoms with E-state index >= 15 is 0 Å². The summed E-state index contributed by atoms with van der Waals surface area (Å²) in [6.45, 7) is 0. The van der Waals surface area contributed by atoms with Gasteiger partial charge in [-0.2, -0.15) is 8.42 Å². The van der Waals surface area contributed by atoms with Crippen LogP contribution in [0.5, 0.6) is 0 Å². The van der Waals surface area contributed by atoms with Crippen molar-refractivity contribution in [2.45, 2.75) is 11.3 Å². The largest absolute Gasteiger partial charge is 0.277 e. The fourth-order valence-electron chi connectivity index (χ4n) is 2.07. The predicted molar refractivity (Wildman–Crippen MR) is 93.9 cm³/mol. The van der Waals surface area contributed by atoms with Gasteiger partial charge in [0.2, 0.25) is 0 Å². The molecule has 1 amide bonds. The molecule has 0 aliphatic rings. The SMILES string of the molecule is NN(N=O)C(=O)Cc1ccc(N(N)S(=O)(=O)c2cccc([N+](=O)[O-])c2)cc1. The van der Waals surface area contributed by atoms with E-state index in [1.54, 1.807) is 0 Å². The van der Waals surface area contributed by atoms with Gasteiger partial charge in [0, 0.05) is 12.1 Å². The highest BCUT2D eigenvalue weighted by atomic mass is 32.2. The number of hydrogen-bond acceptors (Lipinski definition) is 9. The average molecular weight is 394 g/mol. The monoisotopic (exact) mass is 394 g/mol. The van der Waals surface area contributed by atoms with E-state index < -0.39 is 26.5 Å². The minimum atomic E-state index is -4.25. The maximum absolute atomic E-state index is 12.6. The van der Waals surface area contributed by atoms with E-state index in [9.17, 15) is 28.2 Å². The van der Waals surface area contributed by atoms with Gasteiger partial charge in [0.15, 0.2) is 0 Å². The summed E-state index contributed by atoms with van der Waals surface area (Å²) in [7, 11) is -4.25. The van der Waals surface area contributed by atoms with Crippen molar-refractivity contribution in [3.05, 3.63) is 69.1 Å². The van der Waals surface area contributed by atoms with E-state index in [0.29, 0.717) is 9.98 Å². The van der Waals surface area contributed by atoms with Gasteiger partial charge in [-0.05, 0) is 23.8 Å². The summed E-state index contributed by atoms with van der Waals surface area (Å²) in [5.74, 6) is 9.96. The van der Waals surface area contributed by atoms with Gasteiger partial charge >= 0.3 is 0 Å². The Morgan fingerprint density at radius 2 is 1.78 bits per heavy atom. The van der Waals surface area contributed by atoms with Crippen LogP contribution in [0.2, 0.25) is 0 Å². The van der Waals surface area contributed by atoms with E-state index in [0.717, 1.165) is 12.1 Å². The van der Waals surface area contributed by atoms with Gasteiger partial charge < -0.3 is 0 Å². The zero-order chi connectivity index (χ0) is 20.2. The Morgan fingerprint density at radius 1 is 1.15 bits per heavy atom. The fourth-order valence-corrected chi connectivity index (χ4v) is 3.22. The maximum atomic E-state index is 12.6. The number of carbonyl (C=O) groups excluding carboxylic acids is 1. The van der Waals surface area contributed by atoms with Crippen molar-refractivity contribution in [2.24, 2.45) is 17.0 Å². The molecule has 0 radical (unpaired) electrons. The third-order valence-corrected chi connectivity index (χ3v) is 5.05. The summed E-state index contributed by atoms with van der Waals surface area (Å²) in [5.41, 5.74) is 0.0910. The van der Waals surface area contributed by atoms with Crippen LogP contribution < -0.4 is 16.1 Å².